The van der Waals surface area contributed by atoms with Gasteiger partial charge in [0.15, 0.2) is 11.3 Å². The molecule has 4 aromatic rings. The number of nitrogens with zero attached hydrogens (tertiary/aromatic N) is 6. The number of fused-ring (bicyclic) bond motifs is 5. The van der Waals surface area contributed by atoms with Crippen LogP contribution in [0.3, 0.4) is 0 Å². The van der Waals surface area contributed by atoms with Crippen molar-refractivity contribution in [2.24, 2.45) is 0 Å². The van der Waals surface area contributed by atoms with Crippen LogP contribution in [0.25, 0.3) is 27.8 Å². The molecule has 2 aliphatic heterocycles. The third-order valence-electron chi connectivity index (χ3n) is 6.71. The number of carbonyl (C=O) groups is 1. The van der Waals surface area contributed by atoms with Gasteiger partial charge in [0, 0.05) is 26.7 Å². The summed E-state index contributed by atoms with van der Waals surface area (Å²) >= 11 is 0. The van der Waals surface area contributed by atoms with Gasteiger partial charge >= 0.3 is 0 Å². The second-order valence-corrected chi connectivity index (χ2v) is 9.01. The van der Waals surface area contributed by atoms with Crippen molar-refractivity contribution in [2.75, 3.05) is 63.7 Å². The Balaban J connectivity index is 1.64. The number of carbonyl (C=O) groups excluding carboxylic acids is 1. The number of nitrogens with one attached hydrogen (secondary N) is 2. The van der Waals surface area contributed by atoms with Gasteiger partial charge in [-0.15, -0.1) is 0 Å². The molecule has 0 bridgehead atoms. The number of imidazole rings is 1. The van der Waals surface area contributed by atoms with Crippen molar-refractivity contribution >= 4 is 45.3 Å². The maximum atomic E-state index is 13.1. The third kappa shape index (κ3) is 3.41. The van der Waals surface area contributed by atoms with Gasteiger partial charge < -0.3 is 25.2 Å². The SMILES string of the molecule is CNC(=O)c1c(NC2COC2)c2ncc(N3CCCN(C)CC3)nc2n2c1nc1ccccc12. The first kappa shape index (κ1) is 21.1. The van der Waals surface area contributed by atoms with Gasteiger partial charge in [-0.3, -0.25) is 9.20 Å². The normalized spacial score (nSPS) is 17.8. The minimum atomic E-state index is -0.216. The number of likely N-dealkylation sites (N-methyl/N-ethyl adjacent to an activating group) is 1. The minimum Gasteiger partial charge on any atom is -0.377 e. The molecule has 0 spiro atoms. The van der Waals surface area contributed by atoms with Crippen LogP contribution in [0.4, 0.5) is 11.5 Å². The number of anilines is 2. The van der Waals surface area contributed by atoms with E-state index in [2.05, 4.69) is 27.5 Å². The lowest BCUT2D eigenvalue weighted by Gasteiger charge is -2.29. The van der Waals surface area contributed by atoms with E-state index in [0.717, 1.165) is 49.5 Å². The van der Waals surface area contributed by atoms with Crippen LogP contribution in [0.1, 0.15) is 16.8 Å². The molecule has 0 unspecified atom stereocenters. The quantitative estimate of drug-likeness (QED) is 0.475. The number of hydrogen-bond donors (Lipinski definition) is 2. The zero-order chi connectivity index (χ0) is 23.2. The van der Waals surface area contributed by atoms with E-state index in [0.29, 0.717) is 41.3 Å². The van der Waals surface area contributed by atoms with Gasteiger partial charge in [0.05, 0.1) is 42.2 Å². The summed E-state index contributed by atoms with van der Waals surface area (Å²) in [4.78, 5) is 32.6. The summed E-state index contributed by atoms with van der Waals surface area (Å²) in [6, 6.07) is 8.00. The molecule has 2 saturated heterocycles. The van der Waals surface area contributed by atoms with Crippen molar-refractivity contribution in [1.82, 2.24) is 29.6 Å². The number of rotatable bonds is 4. The van der Waals surface area contributed by atoms with E-state index >= 15 is 0 Å². The fourth-order valence-corrected chi connectivity index (χ4v) is 4.77. The summed E-state index contributed by atoms with van der Waals surface area (Å²) < 4.78 is 7.34. The third-order valence-corrected chi connectivity index (χ3v) is 6.71. The highest BCUT2D eigenvalue weighted by Crippen LogP contribution is 2.34. The molecular formula is C24H28N8O2. The molecule has 2 N–H and O–H groups in total. The number of hydrogen-bond acceptors (Lipinski definition) is 8. The highest BCUT2D eigenvalue weighted by Gasteiger charge is 2.28. The van der Waals surface area contributed by atoms with Crippen molar-refractivity contribution in [3.05, 3.63) is 36.0 Å². The topological polar surface area (TPSA) is 99.9 Å². The molecule has 34 heavy (non-hydrogen) atoms. The summed E-state index contributed by atoms with van der Waals surface area (Å²) in [5.41, 5.74) is 4.73. The fraction of sp³-hybridized carbons (Fsp3) is 0.417. The molecule has 10 heteroatoms. The van der Waals surface area contributed by atoms with E-state index in [1.54, 1.807) is 7.05 Å². The van der Waals surface area contributed by atoms with Crippen LogP contribution < -0.4 is 15.5 Å². The van der Waals surface area contributed by atoms with Gasteiger partial charge in [-0.2, -0.15) is 0 Å². The van der Waals surface area contributed by atoms with Gasteiger partial charge in [-0.05, 0) is 32.1 Å². The molecule has 0 radical (unpaired) electrons. The van der Waals surface area contributed by atoms with Crippen LogP contribution in [-0.4, -0.2) is 89.7 Å². The first-order valence-electron chi connectivity index (χ1n) is 11.7. The number of amides is 1. The lowest BCUT2D eigenvalue weighted by atomic mass is 10.1. The Labute approximate surface area is 196 Å². The molecule has 5 heterocycles. The van der Waals surface area contributed by atoms with E-state index in [-0.39, 0.29) is 11.9 Å². The van der Waals surface area contributed by atoms with Crippen molar-refractivity contribution in [1.29, 1.82) is 0 Å². The monoisotopic (exact) mass is 460 g/mol. The van der Waals surface area contributed by atoms with Crippen molar-refractivity contribution in [3.63, 3.8) is 0 Å². The fourth-order valence-electron chi connectivity index (χ4n) is 4.77. The van der Waals surface area contributed by atoms with E-state index in [9.17, 15) is 4.79 Å². The lowest BCUT2D eigenvalue weighted by molar-refractivity contribution is 0.0211. The van der Waals surface area contributed by atoms with Crippen LogP contribution in [0.2, 0.25) is 0 Å². The molecule has 2 fully saturated rings. The molecular weight excluding hydrogens is 432 g/mol. The van der Waals surface area contributed by atoms with E-state index < -0.39 is 0 Å². The van der Waals surface area contributed by atoms with Crippen molar-refractivity contribution in [2.45, 2.75) is 12.5 Å². The Kier molecular flexibility index (Phi) is 5.19. The second-order valence-electron chi connectivity index (χ2n) is 9.01. The molecule has 1 aromatic carbocycles. The van der Waals surface area contributed by atoms with Gasteiger partial charge in [-0.25, -0.2) is 15.0 Å². The van der Waals surface area contributed by atoms with Crippen molar-refractivity contribution < 1.29 is 9.53 Å². The van der Waals surface area contributed by atoms with E-state index in [4.69, 9.17) is 19.7 Å². The molecule has 6 rings (SSSR count). The highest BCUT2D eigenvalue weighted by atomic mass is 16.5. The summed E-state index contributed by atoms with van der Waals surface area (Å²) in [6.07, 6.45) is 2.90. The van der Waals surface area contributed by atoms with E-state index in [1.165, 1.54) is 0 Å². The zero-order valence-electron chi connectivity index (χ0n) is 19.4. The summed E-state index contributed by atoms with van der Waals surface area (Å²) in [7, 11) is 3.78. The Hall–Kier alpha value is -3.50. The molecule has 0 atom stereocenters. The average Bonchev–Trinajstić information content (AvgIpc) is 3.08. The van der Waals surface area contributed by atoms with Gasteiger partial charge in [-0.1, -0.05) is 12.1 Å². The first-order valence-corrected chi connectivity index (χ1v) is 11.7. The summed E-state index contributed by atoms with van der Waals surface area (Å²) in [5, 5.41) is 6.28. The first-order chi connectivity index (χ1) is 16.6. The maximum absolute atomic E-state index is 13.1. The Morgan fingerprint density at radius 1 is 1.09 bits per heavy atom. The number of para-hydroxylation sites is 2. The molecule has 3 aromatic heterocycles. The molecule has 2 aliphatic rings. The molecule has 1 amide bonds. The van der Waals surface area contributed by atoms with Crippen LogP contribution in [-0.2, 0) is 4.74 Å². The van der Waals surface area contributed by atoms with Crippen LogP contribution in [0.5, 0.6) is 0 Å². The van der Waals surface area contributed by atoms with Crippen LogP contribution in [0, 0.1) is 0 Å². The predicted molar refractivity (Wildman–Crippen MR) is 132 cm³/mol. The molecule has 10 nitrogen and oxygen atoms in total. The van der Waals surface area contributed by atoms with Crippen LogP contribution in [0.15, 0.2) is 30.5 Å². The van der Waals surface area contributed by atoms with Gasteiger partial charge in [0.25, 0.3) is 5.91 Å². The van der Waals surface area contributed by atoms with Gasteiger partial charge in [0.2, 0.25) is 0 Å². The molecule has 0 saturated carbocycles. The standard InChI is InChI=1S/C24H28N8O2/c1-25-24(33)19-20(27-15-13-34-14-15)21-23(32-17-7-4-3-6-16(17)28-22(19)32)29-18(12-26-21)31-9-5-8-30(2)10-11-31/h3-4,6-7,12,15,27H,5,8-11,13-14H2,1-2H3,(H,25,33). The summed E-state index contributed by atoms with van der Waals surface area (Å²) in [5.74, 6) is 0.624. The maximum Gasteiger partial charge on any atom is 0.257 e. The largest absolute Gasteiger partial charge is 0.377 e. The zero-order valence-corrected chi connectivity index (χ0v) is 19.4. The number of benzene rings is 1. The number of aromatic nitrogens is 4. The Morgan fingerprint density at radius 3 is 2.74 bits per heavy atom. The molecule has 0 aliphatic carbocycles. The highest BCUT2D eigenvalue weighted by molar-refractivity contribution is 6.12. The summed E-state index contributed by atoms with van der Waals surface area (Å²) in [6.45, 7) is 5.05. The second kappa shape index (κ2) is 8.37. The lowest BCUT2D eigenvalue weighted by Crippen LogP contribution is -2.41. The smallest absolute Gasteiger partial charge is 0.257 e. The number of pyridine rings is 1. The van der Waals surface area contributed by atoms with Gasteiger partial charge in [0.1, 0.15) is 16.9 Å². The van der Waals surface area contributed by atoms with Crippen molar-refractivity contribution in [3.8, 4) is 0 Å². The van der Waals surface area contributed by atoms with E-state index in [1.807, 2.05) is 34.9 Å². The average molecular weight is 461 g/mol. The Morgan fingerprint density at radius 2 is 1.94 bits per heavy atom. The Bertz CT molecular complexity index is 1400. The number of ether oxygens (including phenoxy) is 1. The van der Waals surface area contributed by atoms with Crippen LogP contribution >= 0.6 is 0 Å². The minimum absolute atomic E-state index is 0.112. The molecule has 176 valence electrons. The predicted octanol–water partition coefficient (Wildman–Crippen LogP) is 1.74.